The smallest absolute Gasteiger partial charge is 0.224 e. The molecule has 6 heteroatoms. The molecule has 0 aromatic carbocycles. The van der Waals surface area contributed by atoms with Gasteiger partial charge in [-0.1, -0.05) is 0 Å². The topological polar surface area (TPSA) is 59.1 Å². The average molecular weight is 271 g/mol. The van der Waals surface area contributed by atoms with Gasteiger partial charge in [-0.2, -0.15) is 4.98 Å². The van der Waals surface area contributed by atoms with E-state index in [4.69, 9.17) is 16.3 Å². The van der Waals surface area contributed by atoms with Crippen molar-refractivity contribution in [2.45, 2.75) is 37.8 Å². The number of rotatable bonds is 4. The molecule has 0 aliphatic heterocycles. The molecule has 5 nitrogen and oxygen atoms in total. The zero-order chi connectivity index (χ0) is 13.0. The van der Waals surface area contributed by atoms with Gasteiger partial charge < -0.3 is 15.4 Å². The van der Waals surface area contributed by atoms with Crippen molar-refractivity contribution in [2.24, 2.45) is 0 Å². The Morgan fingerprint density at radius 2 is 2.06 bits per heavy atom. The van der Waals surface area contributed by atoms with Crippen LogP contribution in [0.25, 0.3) is 0 Å². The van der Waals surface area contributed by atoms with Gasteiger partial charge in [-0.15, -0.1) is 0 Å². The zero-order valence-corrected chi connectivity index (χ0v) is 11.5. The summed E-state index contributed by atoms with van der Waals surface area (Å²) in [4.78, 5) is 8.19. The van der Waals surface area contributed by atoms with Crippen LogP contribution in [0.2, 0.25) is 5.28 Å². The van der Waals surface area contributed by atoms with Gasteiger partial charge in [-0.05, 0) is 37.3 Å². The predicted octanol–water partition coefficient (Wildman–Crippen LogP) is 2.54. The number of anilines is 2. The molecule has 0 spiro atoms. The largest absolute Gasteiger partial charge is 0.384 e. The van der Waals surface area contributed by atoms with E-state index in [1.54, 1.807) is 13.3 Å². The van der Waals surface area contributed by atoms with Gasteiger partial charge in [0.2, 0.25) is 5.28 Å². The molecule has 18 heavy (non-hydrogen) atoms. The Kier molecular flexibility index (Phi) is 4.60. The molecule has 2 rings (SSSR count). The Balaban J connectivity index is 1.99. The molecule has 100 valence electrons. The van der Waals surface area contributed by atoms with E-state index in [-0.39, 0.29) is 5.28 Å². The highest BCUT2D eigenvalue weighted by Crippen LogP contribution is 2.26. The quantitative estimate of drug-likeness (QED) is 0.824. The van der Waals surface area contributed by atoms with Gasteiger partial charge in [0, 0.05) is 20.2 Å². The minimum absolute atomic E-state index is 0.266. The number of methoxy groups -OCH3 is 1. The molecule has 1 aromatic heterocycles. The Morgan fingerprint density at radius 1 is 1.33 bits per heavy atom. The number of ether oxygens (including phenoxy) is 1. The summed E-state index contributed by atoms with van der Waals surface area (Å²) in [5.74, 6) is 0.776. The van der Waals surface area contributed by atoms with E-state index in [1.807, 2.05) is 7.05 Å². The molecule has 1 fully saturated rings. The molecule has 0 unspecified atom stereocenters. The molecule has 1 aromatic rings. The van der Waals surface area contributed by atoms with E-state index in [0.29, 0.717) is 12.1 Å². The number of hydrogen-bond donors (Lipinski definition) is 2. The van der Waals surface area contributed by atoms with Crippen molar-refractivity contribution in [2.75, 3.05) is 24.8 Å². The summed E-state index contributed by atoms with van der Waals surface area (Å²) < 4.78 is 5.37. The van der Waals surface area contributed by atoms with Gasteiger partial charge in [0.1, 0.15) is 0 Å². The van der Waals surface area contributed by atoms with Gasteiger partial charge in [-0.25, -0.2) is 4.98 Å². The van der Waals surface area contributed by atoms with Crippen LogP contribution in [0, 0.1) is 0 Å². The van der Waals surface area contributed by atoms with Crippen LogP contribution in [0.4, 0.5) is 11.5 Å². The van der Waals surface area contributed by atoms with Crippen LogP contribution in [-0.2, 0) is 4.74 Å². The van der Waals surface area contributed by atoms with Crippen LogP contribution in [0.3, 0.4) is 0 Å². The summed E-state index contributed by atoms with van der Waals surface area (Å²) in [6, 6.07) is 0.425. The molecule has 0 atom stereocenters. The second-order valence-corrected chi connectivity index (χ2v) is 4.84. The van der Waals surface area contributed by atoms with E-state index in [1.165, 1.54) is 0 Å². The molecule has 0 bridgehead atoms. The van der Waals surface area contributed by atoms with Gasteiger partial charge in [0.05, 0.1) is 18.0 Å². The molecule has 0 amide bonds. The predicted molar refractivity (Wildman–Crippen MR) is 73.3 cm³/mol. The van der Waals surface area contributed by atoms with Crippen LogP contribution >= 0.6 is 11.6 Å². The molecule has 1 saturated carbocycles. The second-order valence-electron chi connectivity index (χ2n) is 4.50. The summed E-state index contributed by atoms with van der Waals surface area (Å²) >= 11 is 5.83. The van der Waals surface area contributed by atoms with Crippen molar-refractivity contribution < 1.29 is 4.74 Å². The van der Waals surface area contributed by atoms with Crippen molar-refractivity contribution in [1.82, 2.24) is 9.97 Å². The number of nitrogens with one attached hydrogen (secondary N) is 2. The first-order valence-corrected chi connectivity index (χ1v) is 6.60. The van der Waals surface area contributed by atoms with E-state index >= 15 is 0 Å². The fourth-order valence-corrected chi connectivity index (χ4v) is 2.42. The van der Waals surface area contributed by atoms with Crippen molar-refractivity contribution in [3.8, 4) is 0 Å². The third-order valence-corrected chi connectivity index (χ3v) is 3.56. The van der Waals surface area contributed by atoms with Crippen molar-refractivity contribution in [3.05, 3.63) is 11.5 Å². The van der Waals surface area contributed by atoms with Gasteiger partial charge in [0.25, 0.3) is 0 Å². The van der Waals surface area contributed by atoms with Crippen LogP contribution in [0.15, 0.2) is 6.20 Å². The fourth-order valence-electron chi connectivity index (χ4n) is 2.29. The molecular weight excluding hydrogens is 252 g/mol. The highest BCUT2D eigenvalue weighted by atomic mass is 35.5. The maximum Gasteiger partial charge on any atom is 0.224 e. The molecule has 1 aliphatic rings. The summed E-state index contributed by atoms with van der Waals surface area (Å²) in [6.07, 6.45) is 6.44. The lowest BCUT2D eigenvalue weighted by Crippen LogP contribution is -2.29. The Hall–Kier alpha value is -1.07. The lowest BCUT2D eigenvalue weighted by molar-refractivity contribution is 0.0681. The monoisotopic (exact) mass is 270 g/mol. The fraction of sp³-hybridized carbons (Fsp3) is 0.667. The normalized spacial score (nSPS) is 23.7. The maximum atomic E-state index is 5.83. The highest BCUT2D eigenvalue weighted by Gasteiger charge is 2.21. The second kappa shape index (κ2) is 6.20. The average Bonchev–Trinajstić information content (AvgIpc) is 2.40. The first-order valence-electron chi connectivity index (χ1n) is 6.22. The van der Waals surface area contributed by atoms with E-state index in [2.05, 4.69) is 20.6 Å². The minimum Gasteiger partial charge on any atom is -0.384 e. The lowest BCUT2D eigenvalue weighted by atomic mass is 9.93. The number of halogens is 1. The number of nitrogens with zero attached hydrogens (tertiary/aromatic N) is 2. The molecule has 0 radical (unpaired) electrons. The maximum absolute atomic E-state index is 5.83. The van der Waals surface area contributed by atoms with Gasteiger partial charge >= 0.3 is 0 Å². The summed E-state index contributed by atoms with van der Waals surface area (Å²) in [7, 11) is 3.63. The summed E-state index contributed by atoms with van der Waals surface area (Å²) in [5.41, 5.74) is 0.869. The molecular formula is C12H19ClN4O. The highest BCUT2D eigenvalue weighted by molar-refractivity contribution is 6.28. The molecule has 2 N–H and O–H groups in total. The third kappa shape index (κ3) is 3.23. The van der Waals surface area contributed by atoms with Crippen LogP contribution in [-0.4, -0.2) is 36.3 Å². The molecule has 1 heterocycles. The molecule has 0 saturated heterocycles. The zero-order valence-electron chi connectivity index (χ0n) is 10.7. The Labute approximate surface area is 112 Å². The van der Waals surface area contributed by atoms with Crippen LogP contribution in [0.1, 0.15) is 25.7 Å². The molecule has 1 aliphatic carbocycles. The van der Waals surface area contributed by atoms with Crippen LogP contribution in [0.5, 0.6) is 0 Å². The van der Waals surface area contributed by atoms with Gasteiger partial charge in [0.15, 0.2) is 5.82 Å². The van der Waals surface area contributed by atoms with E-state index < -0.39 is 0 Å². The summed E-state index contributed by atoms with van der Waals surface area (Å²) in [5, 5.41) is 6.76. The van der Waals surface area contributed by atoms with Crippen LogP contribution < -0.4 is 10.6 Å². The van der Waals surface area contributed by atoms with Crippen molar-refractivity contribution >= 4 is 23.1 Å². The summed E-state index contributed by atoms with van der Waals surface area (Å²) in [6.45, 7) is 0. The first kappa shape index (κ1) is 13.4. The Morgan fingerprint density at radius 3 is 2.67 bits per heavy atom. The van der Waals surface area contributed by atoms with Crippen molar-refractivity contribution in [1.29, 1.82) is 0 Å². The Bertz CT molecular complexity index is 394. The first-order chi connectivity index (χ1) is 8.72. The van der Waals surface area contributed by atoms with Crippen molar-refractivity contribution in [3.63, 3.8) is 0 Å². The number of aromatic nitrogens is 2. The lowest BCUT2D eigenvalue weighted by Gasteiger charge is -2.29. The standard InChI is InChI=1S/C12H19ClN4O/c1-14-10-7-15-12(13)17-11(10)16-8-3-5-9(18-2)6-4-8/h7-9,14H,3-6H2,1-2H3,(H,15,16,17). The number of hydrogen-bond acceptors (Lipinski definition) is 5. The SMILES string of the molecule is CNc1cnc(Cl)nc1NC1CCC(OC)CC1. The van der Waals surface area contributed by atoms with Gasteiger partial charge in [-0.3, -0.25) is 0 Å². The minimum atomic E-state index is 0.266. The third-order valence-electron chi connectivity index (χ3n) is 3.38. The van der Waals surface area contributed by atoms with E-state index in [0.717, 1.165) is 37.2 Å². The van der Waals surface area contributed by atoms with E-state index in [9.17, 15) is 0 Å².